The Bertz CT molecular complexity index is 585. The Morgan fingerprint density at radius 1 is 1.24 bits per heavy atom. The second-order valence-corrected chi connectivity index (χ2v) is 5.78. The number of benzene rings is 1. The average molecular weight is 289 g/mol. The van der Waals surface area contributed by atoms with Gasteiger partial charge in [-0.3, -0.25) is 0 Å². The molecule has 4 nitrogen and oxygen atoms in total. The molecule has 0 saturated carbocycles. The zero-order valence-corrected chi connectivity index (χ0v) is 13.6. The van der Waals surface area contributed by atoms with Gasteiger partial charge >= 0.3 is 0 Å². The van der Waals surface area contributed by atoms with Crippen molar-refractivity contribution in [1.82, 2.24) is 14.5 Å². The second-order valence-electron chi connectivity index (χ2n) is 5.78. The molecule has 1 unspecified atom stereocenters. The van der Waals surface area contributed by atoms with Gasteiger partial charge in [0.25, 0.3) is 0 Å². The van der Waals surface area contributed by atoms with Gasteiger partial charge in [0.05, 0.1) is 17.1 Å². The predicted molar refractivity (Wildman–Crippen MR) is 87.4 cm³/mol. The summed E-state index contributed by atoms with van der Waals surface area (Å²) in [6.45, 7) is 9.13. The first-order valence-corrected chi connectivity index (χ1v) is 7.90. The van der Waals surface area contributed by atoms with E-state index in [4.69, 9.17) is 0 Å². The molecule has 0 fully saturated rings. The SMILES string of the molecule is CCCN(CCC)CC(O)c1ccc2c(c1)nc(C)n2C. The number of hydrogen-bond acceptors (Lipinski definition) is 3. The fourth-order valence-electron chi connectivity index (χ4n) is 2.82. The number of aliphatic hydroxyl groups excluding tert-OH is 1. The van der Waals surface area contributed by atoms with Crippen molar-refractivity contribution in [2.45, 2.75) is 39.7 Å². The quantitative estimate of drug-likeness (QED) is 0.852. The highest BCUT2D eigenvalue weighted by Crippen LogP contribution is 2.21. The van der Waals surface area contributed by atoms with Gasteiger partial charge in [0.15, 0.2) is 0 Å². The number of aryl methyl sites for hydroxylation is 2. The second kappa shape index (κ2) is 7.05. The molecule has 1 N–H and O–H groups in total. The normalized spacial score (nSPS) is 13.2. The maximum Gasteiger partial charge on any atom is 0.106 e. The standard InChI is InChI=1S/C17H27N3O/c1-5-9-20(10-6-2)12-17(21)14-7-8-16-15(11-14)18-13(3)19(16)4/h7-8,11,17,21H,5-6,9-10,12H2,1-4H3. The zero-order chi connectivity index (χ0) is 15.4. The van der Waals surface area contributed by atoms with Crippen molar-refractivity contribution in [3.05, 3.63) is 29.6 Å². The first-order valence-electron chi connectivity index (χ1n) is 7.90. The summed E-state index contributed by atoms with van der Waals surface area (Å²) in [5.41, 5.74) is 3.03. The Morgan fingerprint density at radius 2 is 1.90 bits per heavy atom. The Morgan fingerprint density at radius 3 is 2.52 bits per heavy atom. The number of rotatable bonds is 7. The number of fused-ring (bicyclic) bond motifs is 1. The minimum absolute atomic E-state index is 0.449. The summed E-state index contributed by atoms with van der Waals surface area (Å²) in [7, 11) is 2.02. The maximum atomic E-state index is 10.5. The van der Waals surface area contributed by atoms with Crippen LogP contribution in [0.15, 0.2) is 18.2 Å². The Labute approximate surface area is 127 Å². The Kier molecular flexibility index (Phi) is 5.37. The summed E-state index contributed by atoms with van der Waals surface area (Å²) in [5, 5.41) is 10.5. The highest BCUT2D eigenvalue weighted by atomic mass is 16.3. The third-order valence-electron chi connectivity index (χ3n) is 4.02. The highest BCUT2D eigenvalue weighted by molar-refractivity contribution is 5.76. The van der Waals surface area contributed by atoms with E-state index in [2.05, 4.69) is 34.4 Å². The predicted octanol–water partition coefficient (Wildman–Crippen LogP) is 3.04. The smallest absolute Gasteiger partial charge is 0.106 e. The van der Waals surface area contributed by atoms with Crippen LogP contribution >= 0.6 is 0 Å². The number of nitrogens with zero attached hydrogens (tertiary/aromatic N) is 3. The summed E-state index contributed by atoms with van der Waals surface area (Å²) in [6.07, 6.45) is 1.78. The maximum absolute atomic E-state index is 10.5. The lowest BCUT2D eigenvalue weighted by Gasteiger charge is -2.24. The third kappa shape index (κ3) is 3.63. The fourth-order valence-corrected chi connectivity index (χ4v) is 2.82. The van der Waals surface area contributed by atoms with Gasteiger partial charge in [-0.05, 0) is 50.6 Å². The number of aliphatic hydroxyl groups is 1. The van der Waals surface area contributed by atoms with Crippen LogP contribution in [0.2, 0.25) is 0 Å². The first kappa shape index (κ1) is 16.0. The molecule has 0 saturated heterocycles. The Balaban J connectivity index is 2.16. The van der Waals surface area contributed by atoms with Crippen LogP contribution < -0.4 is 0 Å². The Hall–Kier alpha value is -1.39. The van der Waals surface area contributed by atoms with Crippen LogP contribution in [0.4, 0.5) is 0 Å². The van der Waals surface area contributed by atoms with E-state index in [-0.39, 0.29) is 0 Å². The van der Waals surface area contributed by atoms with Crippen LogP contribution in [-0.2, 0) is 7.05 Å². The van der Waals surface area contributed by atoms with Crippen LogP contribution in [0.1, 0.15) is 44.2 Å². The van der Waals surface area contributed by atoms with E-state index in [1.54, 1.807) is 0 Å². The molecule has 0 aliphatic carbocycles. The molecular weight excluding hydrogens is 262 g/mol. The summed E-state index contributed by atoms with van der Waals surface area (Å²) in [4.78, 5) is 6.88. The molecule has 1 atom stereocenters. The zero-order valence-electron chi connectivity index (χ0n) is 13.6. The minimum Gasteiger partial charge on any atom is -0.387 e. The van der Waals surface area contributed by atoms with Crippen LogP contribution in [-0.4, -0.2) is 39.2 Å². The van der Waals surface area contributed by atoms with Gasteiger partial charge < -0.3 is 14.6 Å². The van der Waals surface area contributed by atoms with Gasteiger partial charge in [-0.15, -0.1) is 0 Å². The molecular formula is C17H27N3O. The topological polar surface area (TPSA) is 41.3 Å². The van der Waals surface area contributed by atoms with Crippen molar-refractivity contribution in [2.24, 2.45) is 7.05 Å². The first-order chi connectivity index (χ1) is 10.1. The monoisotopic (exact) mass is 289 g/mol. The van der Waals surface area contributed by atoms with E-state index >= 15 is 0 Å². The van der Waals surface area contributed by atoms with Crippen molar-refractivity contribution in [3.63, 3.8) is 0 Å². The summed E-state index contributed by atoms with van der Waals surface area (Å²) >= 11 is 0. The molecule has 2 aromatic rings. The van der Waals surface area contributed by atoms with Crippen LogP contribution in [0.3, 0.4) is 0 Å². The molecule has 116 valence electrons. The van der Waals surface area contributed by atoms with Gasteiger partial charge in [0, 0.05) is 13.6 Å². The minimum atomic E-state index is -0.449. The highest BCUT2D eigenvalue weighted by Gasteiger charge is 2.14. The molecule has 1 aromatic carbocycles. The van der Waals surface area contributed by atoms with Gasteiger partial charge in [-0.1, -0.05) is 19.9 Å². The number of aromatic nitrogens is 2. The molecule has 0 amide bonds. The largest absolute Gasteiger partial charge is 0.387 e. The van der Waals surface area contributed by atoms with E-state index in [0.717, 1.165) is 48.4 Å². The van der Waals surface area contributed by atoms with Crippen LogP contribution in [0, 0.1) is 6.92 Å². The molecule has 1 heterocycles. The van der Waals surface area contributed by atoms with E-state index in [1.165, 1.54) is 0 Å². The molecule has 2 rings (SSSR count). The van der Waals surface area contributed by atoms with Crippen molar-refractivity contribution in [1.29, 1.82) is 0 Å². The van der Waals surface area contributed by atoms with Gasteiger partial charge in [0.1, 0.15) is 5.82 Å². The molecule has 0 aliphatic heterocycles. The number of hydrogen-bond donors (Lipinski definition) is 1. The summed E-state index contributed by atoms with van der Waals surface area (Å²) < 4.78 is 2.08. The van der Waals surface area contributed by atoms with E-state index < -0.39 is 6.10 Å². The molecule has 4 heteroatoms. The van der Waals surface area contributed by atoms with Crippen molar-refractivity contribution in [2.75, 3.05) is 19.6 Å². The van der Waals surface area contributed by atoms with Crippen LogP contribution in [0.5, 0.6) is 0 Å². The molecule has 0 aliphatic rings. The van der Waals surface area contributed by atoms with Gasteiger partial charge in [0.2, 0.25) is 0 Å². The van der Waals surface area contributed by atoms with Crippen molar-refractivity contribution in [3.8, 4) is 0 Å². The van der Waals surface area contributed by atoms with Gasteiger partial charge in [-0.2, -0.15) is 0 Å². The molecule has 0 spiro atoms. The lowest BCUT2D eigenvalue weighted by molar-refractivity contribution is 0.113. The average Bonchev–Trinajstić information content (AvgIpc) is 2.74. The van der Waals surface area contributed by atoms with E-state index in [0.29, 0.717) is 6.54 Å². The molecule has 0 radical (unpaired) electrons. The van der Waals surface area contributed by atoms with Crippen molar-refractivity contribution < 1.29 is 5.11 Å². The number of imidazole rings is 1. The van der Waals surface area contributed by atoms with E-state index in [1.807, 2.05) is 26.1 Å². The molecule has 0 bridgehead atoms. The lowest BCUT2D eigenvalue weighted by Crippen LogP contribution is -2.30. The van der Waals surface area contributed by atoms with Crippen molar-refractivity contribution >= 4 is 11.0 Å². The van der Waals surface area contributed by atoms with E-state index in [9.17, 15) is 5.11 Å². The third-order valence-corrected chi connectivity index (χ3v) is 4.02. The lowest BCUT2D eigenvalue weighted by atomic mass is 10.1. The molecule has 21 heavy (non-hydrogen) atoms. The van der Waals surface area contributed by atoms with Gasteiger partial charge in [-0.25, -0.2) is 4.98 Å². The summed E-state index contributed by atoms with van der Waals surface area (Å²) in [5.74, 6) is 0.996. The summed E-state index contributed by atoms with van der Waals surface area (Å²) in [6, 6.07) is 6.09. The molecule has 1 aromatic heterocycles. The van der Waals surface area contributed by atoms with Crippen LogP contribution in [0.25, 0.3) is 11.0 Å². The fraction of sp³-hybridized carbons (Fsp3) is 0.588.